The zero-order valence-electron chi connectivity index (χ0n) is 14.3. The standard InChI is InChI=1S/C19H25ClN2O2/c1-23-19(24-2)18-16-10-5-3-4-8-14(17(16)21-22-18)11-13-7-6-9-15(20)12-13/h6-7,9,12,14,19H,3-5,8,10-11H2,1-2H3,(H,21,22). The van der Waals surface area contributed by atoms with E-state index in [0.29, 0.717) is 5.92 Å². The van der Waals surface area contributed by atoms with Gasteiger partial charge in [0.15, 0.2) is 0 Å². The molecule has 1 aliphatic rings. The molecule has 0 saturated heterocycles. The molecule has 1 heterocycles. The Morgan fingerprint density at radius 2 is 2.08 bits per heavy atom. The summed E-state index contributed by atoms with van der Waals surface area (Å²) in [6, 6.07) is 8.15. The summed E-state index contributed by atoms with van der Waals surface area (Å²) in [4.78, 5) is 0. The van der Waals surface area contributed by atoms with E-state index in [9.17, 15) is 0 Å². The topological polar surface area (TPSA) is 47.1 Å². The summed E-state index contributed by atoms with van der Waals surface area (Å²) >= 11 is 6.15. The van der Waals surface area contributed by atoms with E-state index >= 15 is 0 Å². The third-order valence-corrected chi connectivity index (χ3v) is 5.08. The number of aromatic nitrogens is 2. The molecule has 1 N–H and O–H groups in total. The molecule has 1 unspecified atom stereocenters. The minimum atomic E-state index is -0.406. The number of ether oxygens (including phenoxy) is 2. The molecule has 24 heavy (non-hydrogen) atoms. The van der Waals surface area contributed by atoms with E-state index in [4.69, 9.17) is 21.1 Å². The molecule has 5 heteroatoms. The highest BCUT2D eigenvalue weighted by molar-refractivity contribution is 6.30. The van der Waals surface area contributed by atoms with Crippen molar-refractivity contribution in [2.75, 3.05) is 14.2 Å². The molecule has 0 bridgehead atoms. The first-order valence-electron chi connectivity index (χ1n) is 8.60. The summed E-state index contributed by atoms with van der Waals surface area (Å²) in [5.41, 5.74) is 4.68. The summed E-state index contributed by atoms with van der Waals surface area (Å²) in [6.45, 7) is 0. The van der Waals surface area contributed by atoms with Gasteiger partial charge in [-0.3, -0.25) is 5.10 Å². The van der Waals surface area contributed by atoms with Crippen LogP contribution in [-0.2, 0) is 22.3 Å². The Morgan fingerprint density at radius 1 is 1.25 bits per heavy atom. The van der Waals surface area contributed by atoms with E-state index < -0.39 is 6.29 Å². The van der Waals surface area contributed by atoms with Gasteiger partial charge in [-0.25, -0.2) is 0 Å². The van der Waals surface area contributed by atoms with Crippen molar-refractivity contribution < 1.29 is 9.47 Å². The maximum Gasteiger partial charge on any atom is 0.202 e. The molecule has 1 atom stereocenters. The highest BCUT2D eigenvalue weighted by Gasteiger charge is 2.26. The molecule has 0 radical (unpaired) electrons. The Balaban J connectivity index is 1.91. The van der Waals surface area contributed by atoms with Gasteiger partial charge in [-0.1, -0.05) is 36.6 Å². The van der Waals surface area contributed by atoms with Gasteiger partial charge in [-0.05, 0) is 43.4 Å². The first kappa shape index (κ1) is 17.5. The third-order valence-electron chi connectivity index (χ3n) is 4.84. The van der Waals surface area contributed by atoms with Gasteiger partial charge >= 0.3 is 0 Å². The number of methoxy groups -OCH3 is 2. The fourth-order valence-electron chi connectivity index (χ4n) is 3.67. The molecule has 0 saturated carbocycles. The van der Waals surface area contributed by atoms with E-state index in [-0.39, 0.29) is 0 Å². The van der Waals surface area contributed by atoms with Crippen LogP contribution in [0.2, 0.25) is 5.02 Å². The fraction of sp³-hybridized carbons (Fsp3) is 0.526. The highest BCUT2D eigenvalue weighted by Crippen LogP contribution is 2.35. The summed E-state index contributed by atoms with van der Waals surface area (Å²) in [6.07, 6.45) is 6.43. The van der Waals surface area contributed by atoms with Gasteiger partial charge in [0, 0.05) is 36.4 Å². The highest BCUT2D eigenvalue weighted by atomic mass is 35.5. The first-order valence-corrected chi connectivity index (χ1v) is 8.97. The second-order valence-electron chi connectivity index (χ2n) is 6.43. The number of fused-ring (bicyclic) bond motifs is 1. The first-order chi connectivity index (χ1) is 11.7. The largest absolute Gasteiger partial charge is 0.350 e. The molecule has 0 amide bonds. The maximum atomic E-state index is 6.15. The van der Waals surface area contributed by atoms with Gasteiger partial charge in [0.05, 0.1) is 0 Å². The zero-order valence-corrected chi connectivity index (χ0v) is 15.1. The SMILES string of the molecule is COC(OC)c1n[nH]c2c1CCCCCC2Cc1cccc(Cl)c1. The van der Waals surface area contributed by atoms with E-state index in [1.54, 1.807) is 14.2 Å². The number of hydrogen-bond acceptors (Lipinski definition) is 3. The van der Waals surface area contributed by atoms with Crippen LogP contribution in [-0.4, -0.2) is 24.4 Å². The van der Waals surface area contributed by atoms with Gasteiger partial charge in [0.25, 0.3) is 0 Å². The van der Waals surface area contributed by atoms with Crippen LogP contribution < -0.4 is 0 Å². The summed E-state index contributed by atoms with van der Waals surface area (Å²) in [5, 5.41) is 8.61. The van der Waals surface area contributed by atoms with Crippen molar-refractivity contribution in [2.24, 2.45) is 0 Å². The molecule has 1 aliphatic carbocycles. The summed E-state index contributed by atoms with van der Waals surface area (Å²) in [7, 11) is 3.31. The van der Waals surface area contributed by atoms with Crippen molar-refractivity contribution in [3.63, 3.8) is 0 Å². The lowest BCUT2D eigenvalue weighted by Crippen LogP contribution is -2.12. The van der Waals surface area contributed by atoms with Crippen LogP contribution in [0.15, 0.2) is 24.3 Å². The lowest BCUT2D eigenvalue weighted by Gasteiger charge is -2.21. The van der Waals surface area contributed by atoms with Crippen LogP contribution in [0.4, 0.5) is 0 Å². The molecule has 1 aromatic carbocycles. The molecule has 1 aromatic heterocycles. The van der Waals surface area contributed by atoms with Crippen LogP contribution in [0.25, 0.3) is 0 Å². The molecular formula is C19H25ClN2O2. The van der Waals surface area contributed by atoms with E-state index in [1.165, 1.54) is 36.1 Å². The van der Waals surface area contributed by atoms with Crippen molar-refractivity contribution in [1.29, 1.82) is 0 Å². The lowest BCUT2D eigenvalue weighted by atomic mass is 9.85. The number of benzene rings is 1. The molecule has 2 aromatic rings. The number of rotatable bonds is 5. The molecule has 130 valence electrons. The van der Waals surface area contributed by atoms with Crippen molar-refractivity contribution in [1.82, 2.24) is 10.2 Å². The number of halogens is 1. The summed E-state index contributed by atoms with van der Waals surface area (Å²) < 4.78 is 10.9. The molecule has 4 nitrogen and oxygen atoms in total. The Hall–Kier alpha value is -1.36. The van der Waals surface area contributed by atoms with Crippen LogP contribution >= 0.6 is 11.6 Å². The van der Waals surface area contributed by atoms with E-state index in [2.05, 4.69) is 22.3 Å². The van der Waals surface area contributed by atoms with E-state index in [1.807, 2.05) is 12.1 Å². The van der Waals surface area contributed by atoms with Crippen molar-refractivity contribution in [2.45, 2.75) is 50.7 Å². The smallest absolute Gasteiger partial charge is 0.202 e. The predicted octanol–water partition coefficient (Wildman–Crippen LogP) is 4.80. The van der Waals surface area contributed by atoms with Gasteiger partial charge in [0.1, 0.15) is 5.69 Å². The summed E-state index contributed by atoms with van der Waals surface area (Å²) in [5.74, 6) is 0.425. The lowest BCUT2D eigenvalue weighted by molar-refractivity contribution is -0.109. The second kappa shape index (κ2) is 8.15. The number of nitrogens with zero attached hydrogens (tertiary/aromatic N) is 1. The van der Waals surface area contributed by atoms with Crippen molar-refractivity contribution in [3.05, 3.63) is 51.8 Å². The zero-order chi connectivity index (χ0) is 16.9. The third kappa shape index (κ3) is 3.82. The predicted molar refractivity (Wildman–Crippen MR) is 95.4 cm³/mol. The monoisotopic (exact) mass is 348 g/mol. The Bertz CT molecular complexity index is 667. The molecule has 0 aliphatic heterocycles. The second-order valence-corrected chi connectivity index (χ2v) is 6.87. The van der Waals surface area contributed by atoms with Crippen molar-refractivity contribution >= 4 is 11.6 Å². The van der Waals surface area contributed by atoms with Gasteiger partial charge in [-0.2, -0.15) is 5.10 Å². The normalized spacial score (nSPS) is 18.2. The van der Waals surface area contributed by atoms with Gasteiger partial charge in [0.2, 0.25) is 6.29 Å². The Kier molecular flexibility index (Phi) is 5.93. The number of H-pyrrole nitrogens is 1. The van der Waals surface area contributed by atoms with Gasteiger partial charge in [-0.15, -0.1) is 0 Å². The van der Waals surface area contributed by atoms with Crippen molar-refractivity contribution in [3.8, 4) is 0 Å². The quantitative estimate of drug-likeness (QED) is 0.790. The van der Waals surface area contributed by atoms with Crippen LogP contribution in [0.1, 0.15) is 60.4 Å². The van der Waals surface area contributed by atoms with Gasteiger partial charge < -0.3 is 9.47 Å². The minimum absolute atomic E-state index is 0.406. The maximum absolute atomic E-state index is 6.15. The Labute approximate surface area is 148 Å². The molecule has 0 spiro atoms. The van der Waals surface area contributed by atoms with Crippen LogP contribution in [0.5, 0.6) is 0 Å². The average Bonchev–Trinajstić information content (AvgIpc) is 2.95. The van der Waals surface area contributed by atoms with Crippen LogP contribution in [0, 0.1) is 0 Å². The molecule has 0 fully saturated rings. The molecular weight excluding hydrogens is 324 g/mol. The fourth-order valence-corrected chi connectivity index (χ4v) is 3.89. The Morgan fingerprint density at radius 3 is 2.83 bits per heavy atom. The number of hydrogen-bond donors (Lipinski definition) is 1. The number of nitrogens with one attached hydrogen (secondary N) is 1. The van der Waals surface area contributed by atoms with Crippen LogP contribution in [0.3, 0.4) is 0 Å². The number of aromatic amines is 1. The van der Waals surface area contributed by atoms with E-state index in [0.717, 1.165) is 30.0 Å². The minimum Gasteiger partial charge on any atom is -0.350 e. The average molecular weight is 349 g/mol. The molecule has 3 rings (SSSR count).